The first-order valence-corrected chi connectivity index (χ1v) is 7.09. The van der Waals surface area contributed by atoms with Crippen LogP contribution in [0.4, 0.5) is 0 Å². The van der Waals surface area contributed by atoms with Gasteiger partial charge in [0, 0.05) is 13.1 Å². The van der Waals surface area contributed by atoms with E-state index >= 15 is 0 Å². The van der Waals surface area contributed by atoms with Crippen molar-refractivity contribution in [2.24, 2.45) is 12.8 Å². The van der Waals surface area contributed by atoms with Gasteiger partial charge in [-0.15, -0.1) is 0 Å². The summed E-state index contributed by atoms with van der Waals surface area (Å²) in [5, 5.41) is 5.06. The summed E-state index contributed by atoms with van der Waals surface area (Å²) in [5.74, 6) is 0.787. The first-order valence-electron chi connectivity index (χ1n) is 6.71. The monoisotopic (exact) mass is 293 g/mol. The number of benzene rings is 1. The van der Waals surface area contributed by atoms with Crippen molar-refractivity contribution in [3.8, 4) is 5.75 Å². The summed E-state index contributed by atoms with van der Waals surface area (Å²) in [7, 11) is 1.88. The van der Waals surface area contributed by atoms with Gasteiger partial charge in [0.15, 0.2) is 0 Å². The Morgan fingerprint density at radius 3 is 2.80 bits per heavy atom. The molecule has 20 heavy (non-hydrogen) atoms. The Kier molecular flexibility index (Phi) is 4.68. The Bertz CT molecular complexity index is 593. The van der Waals surface area contributed by atoms with Crippen LogP contribution in [0.3, 0.4) is 0 Å². The van der Waals surface area contributed by atoms with Crippen LogP contribution in [-0.4, -0.2) is 9.78 Å². The average Bonchev–Trinajstić information content (AvgIpc) is 2.71. The quantitative estimate of drug-likeness (QED) is 0.921. The number of aromatic nitrogens is 2. The number of ether oxygens (including phenoxy) is 1. The van der Waals surface area contributed by atoms with Crippen molar-refractivity contribution in [1.29, 1.82) is 0 Å². The summed E-state index contributed by atoms with van der Waals surface area (Å²) in [4.78, 5) is 0. The van der Waals surface area contributed by atoms with E-state index in [1.165, 1.54) is 0 Å². The van der Waals surface area contributed by atoms with Crippen LogP contribution in [-0.2, 0) is 20.1 Å². The number of aryl methyl sites for hydroxylation is 2. The van der Waals surface area contributed by atoms with Gasteiger partial charge in [0.05, 0.1) is 16.4 Å². The van der Waals surface area contributed by atoms with Gasteiger partial charge in [-0.25, -0.2) is 0 Å². The van der Waals surface area contributed by atoms with Crippen LogP contribution in [0.25, 0.3) is 0 Å². The minimum absolute atomic E-state index is 0.00876. The zero-order chi connectivity index (χ0) is 14.7. The zero-order valence-corrected chi connectivity index (χ0v) is 12.8. The van der Waals surface area contributed by atoms with Crippen LogP contribution in [0.15, 0.2) is 24.3 Å². The fourth-order valence-corrected chi connectivity index (χ4v) is 2.36. The summed E-state index contributed by atoms with van der Waals surface area (Å²) >= 11 is 6.29. The van der Waals surface area contributed by atoms with E-state index in [9.17, 15) is 0 Å². The molecule has 1 aromatic heterocycles. The van der Waals surface area contributed by atoms with Crippen LogP contribution in [0.5, 0.6) is 5.75 Å². The molecule has 0 aliphatic rings. The Balaban J connectivity index is 2.13. The standard InChI is InChI=1S/C15H20ClN3O/c1-4-13-15(16)14(19(3)18-13)9-20-12-7-5-6-11(8-12)10(2)17/h5-8,10H,4,9,17H2,1-3H3. The molecule has 2 rings (SSSR count). The van der Waals surface area contributed by atoms with Crippen molar-refractivity contribution >= 4 is 11.6 Å². The Morgan fingerprint density at radius 2 is 2.20 bits per heavy atom. The van der Waals surface area contributed by atoms with Crippen molar-refractivity contribution in [3.63, 3.8) is 0 Å². The van der Waals surface area contributed by atoms with E-state index in [1.54, 1.807) is 4.68 Å². The molecule has 2 N–H and O–H groups in total. The minimum Gasteiger partial charge on any atom is -0.487 e. The van der Waals surface area contributed by atoms with E-state index in [-0.39, 0.29) is 6.04 Å². The number of nitrogens with two attached hydrogens (primary N) is 1. The van der Waals surface area contributed by atoms with Gasteiger partial charge in [-0.05, 0) is 31.0 Å². The maximum absolute atomic E-state index is 6.29. The second-order valence-electron chi connectivity index (χ2n) is 4.83. The van der Waals surface area contributed by atoms with Gasteiger partial charge in [-0.1, -0.05) is 30.7 Å². The highest BCUT2D eigenvalue weighted by atomic mass is 35.5. The molecule has 1 atom stereocenters. The highest BCUT2D eigenvalue weighted by Gasteiger charge is 2.13. The van der Waals surface area contributed by atoms with Crippen LogP contribution in [0, 0.1) is 0 Å². The lowest BCUT2D eigenvalue weighted by Crippen LogP contribution is -2.06. The van der Waals surface area contributed by atoms with Gasteiger partial charge in [-0.2, -0.15) is 5.10 Å². The molecular formula is C15H20ClN3O. The lowest BCUT2D eigenvalue weighted by Gasteiger charge is -2.10. The Morgan fingerprint density at radius 1 is 1.45 bits per heavy atom. The maximum Gasteiger partial charge on any atom is 0.131 e. The van der Waals surface area contributed by atoms with E-state index in [1.807, 2.05) is 45.2 Å². The topological polar surface area (TPSA) is 53.1 Å². The van der Waals surface area contributed by atoms with Gasteiger partial charge in [0.25, 0.3) is 0 Å². The molecule has 1 unspecified atom stereocenters. The van der Waals surface area contributed by atoms with Crippen molar-refractivity contribution in [2.75, 3.05) is 0 Å². The molecular weight excluding hydrogens is 274 g/mol. The number of rotatable bonds is 5. The number of halogens is 1. The molecule has 0 saturated heterocycles. The third-order valence-electron chi connectivity index (χ3n) is 3.26. The second kappa shape index (κ2) is 6.29. The van der Waals surface area contributed by atoms with Gasteiger partial charge in [-0.3, -0.25) is 4.68 Å². The van der Waals surface area contributed by atoms with Crippen LogP contribution < -0.4 is 10.5 Å². The normalized spacial score (nSPS) is 12.4. The first-order chi connectivity index (χ1) is 9.52. The van der Waals surface area contributed by atoms with Crippen molar-refractivity contribution < 1.29 is 4.74 Å². The van der Waals surface area contributed by atoms with E-state index in [0.717, 1.165) is 29.1 Å². The molecule has 0 fully saturated rings. The molecule has 0 saturated carbocycles. The van der Waals surface area contributed by atoms with Crippen molar-refractivity contribution in [3.05, 3.63) is 46.2 Å². The summed E-state index contributed by atoms with van der Waals surface area (Å²) in [6, 6.07) is 7.79. The van der Waals surface area contributed by atoms with E-state index in [0.29, 0.717) is 11.6 Å². The van der Waals surface area contributed by atoms with Gasteiger partial charge < -0.3 is 10.5 Å². The van der Waals surface area contributed by atoms with Crippen molar-refractivity contribution in [2.45, 2.75) is 32.9 Å². The highest BCUT2D eigenvalue weighted by Crippen LogP contribution is 2.23. The van der Waals surface area contributed by atoms with E-state index in [4.69, 9.17) is 22.1 Å². The Hall–Kier alpha value is -1.52. The molecule has 0 bridgehead atoms. The van der Waals surface area contributed by atoms with E-state index < -0.39 is 0 Å². The molecule has 1 aromatic carbocycles. The predicted molar refractivity (Wildman–Crippen MR) is 81.0 cm³/mol. The second-order valence-corrected chi connectivity index (χ2v) is 5.21. The SMILES string of the molecule is CCc1nn(C)c(COc2cccc(C(C)N)c2)c1Cl. The average molecular weight is 294 g/mol. The minimum atomic E-state index is -0.00876. The van der Waals surface area contributed by atoms with Crippen LogP contribution in [0.1, 0.15) is 36.8 Å². The summed E-state index contributed by atoms with van der Waals surface area (Å²) in [5.41, 5.74) is 8.70. The molecule has 0 aliphatic heterocycles. The fraction of sp³-hybridized carbons (Fsp3) is 0.400. The van der Waals surface area contributed by atoms with E-state index in [2.05, 4.69) is 5.10 Å². The van der Waals surface area contributed by atoms with Gasteiger partial charge in [0.2, 0.25) is 0 Å². The third-order valence-corrected chi connectivity index (χ3v) is 3.70. The first kappa shape index (κ1) is 14.9. The van der Waals surface area contributed by atoms with Crippen LogP contribution >= 0.6 is 11.6 Å². The maximum atomic E-state index is 6.29. The molecule has 0 radical (unpaired) electrons. The largest absolute Gasteiger partial charge is 0.487 e. The molecule has 108 valence electrons. The molecule has 1 heterocycles. The summed E-state index contributed by atoms with van der Waals surface area (Å²) < 4.78 is 7.58. The molecule has 0 aliphatic carbocycles. The fourth-order valence-electron chi connectivity index (χ4n) is 2.02. The molecule has 5 heteroatoms. The van der Waals surface area contributed by atoms with Crippen molar-refractivity contribution in [1.82, 2.24) is 9.78 Å². The van der Waals surface area contributed by atoms with Crippen LogP contribution in [0.2, 0.25) is 5.02 Å². The highest BCUT2D eigenvalue weighted by molar-refractivity contribution is 6.31. The third kappa shape index (κ3) is 3.14. The lowest BCUT2D eigenvalue weighted by atomic mass is 10.1. The summed E-state index contributed by atoms with van der Waals surface area (Å²) in [6.07, 6.45) is 0.812. The smallest absolute Gasteiger partial charge is 0.131 e. The molecule has 0 spiro atoms. The molecule has 2 aromatic rings. The Labute approximate surface area is 124 Å². The predicted octanol–water partition coefficient (Wildman–Crippen LogP) is 3.23. The lowest BCUT2D eigenvalue weighted by molar-refractivity contribution is 0.294. The molecule has 4 nitrogen and oxygen atoms in total. The van der Waals surface area contributed by atoms with Gasteiger partial charge >= 0.3 is 0 Å². The number of hydrogen-bond donors (Lipinski definition) is 1. The number of hydrogen-bond acceptors (Lipinski definition) is 3. The molecule has 0 amide bonds. The zero-order valence-electron chi connectivity index (χ0n) is 12.1. The van der Waals surface area contributed by atoms with Gasteiger partial charge in [0.1, 0.15) is 12.4 Å². The summed E-state index contributed by atoms with van der Waals surface area (Å²) in [6.45, 7) is 4.38. The number of nitrogens with zero attached hydrogens (tertiary/aromatic N) is 2.